The highest BCUT2D eigenvalue weighted by atomic mass is 35.5. The summed E-state index contributed by atoms with van der Waals surface area (Å²) in [6.07, 6.45) is 1.44. The van der Waals surface area contributed by atoms with Gasteiger partial charge in [0.25, 0.3) is 5.91 Å². The number of carbonyl (C=O) groups is 1. The maximum atomic E-state index is 12.8. The van der Waals surface area contributed by atoms with Crippen molar-refractivity contribution in [2.24, 2.45) is 5.10 Å². The van der Waals surface area contributed by atoms with Gasteiger partial charge in [0.2, 0.25) is 0 Å². The first-order valence-corrected chi connectivity index (χ1v) is 9.02. The number of amides is 1. The van der Waals surface area contributed by atoms with Crippen molar-refractivity contribution in [1.29, 1.82) is 0 Å². The topological polar surface area (TPSA) is 50.7 Å². The molecular weight excluding hydrogens is 402 g/mol. The molecule has 0 aromatic heterocycles. The second kappa shape index (κ2) is 9.35. The monoisotopic (exact) mass is 416 g/mol. The standard InChI is InChI=1S/C21H15Cl2FN2O2/c22-19-10-3-15(11-20(19)23)13-28-18-8-4-16(5-9-18)21(27)26-25-12-14-1-6-17(24)7-2-14/h1-12H,13H2,(H,26,27). The molecule has 7 heteroatoms. The Morgan fingerprint density at radius 1 is 1.00 bits per heavy atom. The van der Waals surface area contributed by atoms with Crippen molar-refractivity contribution in [3.05, 3.63) is 99.3 Å². The molecule has 1 amide bonds. The van der Waals surface area contributed by atoms with Crippen molar-refractivity contribution in [1.82, 2.24) is 5.43 Å². The molecule has 142 valence electrons. The molecule has 4 nitrogen and oxygen atoms in total. The number of halogens is 3. The molecule has 0 aliphatic heterocycles. The Morgan fingerprint density at radius 3 is 2.39 bits per heavy atom. The van der Waals surface area contributed by atoms with E-state index in [-0.39, 0.29) is 11.7 Å². The maximum Gasteiger partial charge on any atom is 0.271 e. The number of hydrogen-bond donors (Lipinski definition) is 1. The average molecular weight is 417 g/mol. The summed E-state index contributed by atoms with van der Waals surface area (Å²) in [5.41, 5.74) is 4.40. The highest BCUT2D eigenvalue weighted by Crippen LogP contribution is 2.23. The molecule has 3 aromatic rings. The van der Waals surface area contributed by atoms with Crippen LogP contribution in [0.4, 0.5) is 4.39 Å². The molecule has 0 unspecified atom stereocenters. The van der Waals surface area contributed by atoms with Gasteiger partial charge in [-0.2, -0.15) is 5.10 Å². The summed E-state index contributed by atoms with van der Waals surface area (Å²) in [6, 6.07) is 17.7. The molecule has 3 aromatic carbocycles. The summed E-state index contributed by atoms with van der Waals surface area (Å²) in [6.45, 7) is 0.324. The minimum atomic E-state index is -0.366. The van der Waals surface area contributed by atoms with Gasteiger partial charge in [0.15, 0.2) is 0 Å². The lowest BCUT2D eigenvalue weighted by Crippen LogP contribution is -2.17. The predicted molar refractivity (Wildman–Crippen MR) is 109 cm³/mol. The zero-order chi connectivity index (χ0) is 19.9. The lowest BCUT2D eigenvalue weighted by molar-refractivity contribution is 0.0955. The van der Waals surface area contributed by atoms with Gasteiger partial charge in [-0.25, -0.2) is 9.82 Å². The number of benzene rings is 3. The molecule has 0 fully saturated rings. The fourth-order valence-corrected chi connectivity index (χ4v) is 2.60. The molecule has 0 saturated heterocycles. The van der Waals surface area contributed by atoms with E-state index in [0.29, 0.717) is 33.5 Å². The summed E-state index contributed by atoms with van der Waals surface area (Å²) in [7, 11) is 0. The van der Waals surface area contributed by atoms with Gasteiger partial charge in [0, 0.05) is 5.56 Å². The molecule has 0 saturated carbocycles. The van der Waals surface area contributed by atoms with Crippen LogP contribution in [0.3, 0.4) is 0 Å². The number of hydrogen-bond acceptors (Lipinski definition) is 3. The second-order valence-corrected chi connectivity index (χ2v) is 6.63. The van der Waals surface area contributed by atoms with Gasteiger partial charge in [-0.1, -0.05) is 41.4 Å². The van der Waals surface area contributed by atoms with E-state index < -0.39 is 0 Å². The van der Waals surface area contributed by atoms with Crippen LogP contribution in [0, 0.1) is 5.82 Å². The van der Waals surface area contributed by atoms with Crippen LogP contribution in [0.1, 0.15) is 21.5 Å². The van der Waals surface area contributed by atoms with Gasteiger partial charge in [0.05, 0.1) is 16.3 Å². The van der Waals surface area contributed by atoms with Crippen LogP contribution in [-0.4, -0.2) is 12.1 Å². The van der Waals surface area contributed by atoms with Crippen LogP contribution in [0.15, 0.2) is 71.8 Å². The molecular formula is C21H15Cl2FN2O2. The first-order chi connectivity index (χ1) is 13.5. The minimum Gasteiger partial charge on any atom is -0.489 e. The Bertz CT molecular complexity index is 990. The summed E-state index contributed by atoms with van der Waals surface area (Å²) in [5.74, 6) is -0.0884. The van der Waals surface area contributed by atoms with E-state index in [1.807, 2.05) is 6.07 Å². The van der Waals surface area contributed by atoms with Crippen molar-refractivity contribution in [3.8, 4) is 5.75 Å². The lowest BCUT2D eigenvalue weighted by Gasteiger charge is -2.08. The zero-order valence-corrected chi connectivity index (χ0v) is 16.0. The third-order valence-corrected chi connectivity index (χ3v) is 4.49. The molecule has 0 heterocycles. The molecule has 0 radical (unpaired) electrons. The highest BCUT2D eigenvalue weighted by molar-refractivity contribution is 6.42. The van der Waals surface area contributed by atoms with Crippen molar-refractivity contribution < 1.29 is 13.9 Å². The van der Waals surface area contributed by atoms with Crippen LogP contribution in [-0.2, 0) is 6.61 Å². The Kier molecular flexibility index (Phi) is 6.63. The zero-order valence-electron chi connectivity index (χ0n) is 14.5. The molecule has 3 rings (SSSR count). The van der Waals surface area contributed by atoms with E-state index in [2.05, 4.69) is 10.5 Å². The summed E-state index contributed by atoms with van der Waals surface area (Å²) < 4.78 is 18.5. The van der Waals surface area contributed by atoms with Crippen LogP contribution in [0.25, 0.3) is 0 Å². The van der Waals surface area contributed by atoms with Crippen LogP contribution in [0.2, 0.25) is 10.0 Å². The molecule has 1 N–H and O–H groups in total. The van der Waals surface area contributed by atoms with Crippen LogP contribution in [0.5, 0.6) is 5.75 Å². The minimum absolute atomic E-state index is 0.324. The summed E-state index contributed by atoms with van der Waals surface area (Å²) in [4.78, 5) is 12.1. The number of nitrogens with zero attached hydrogens (tertiary/aromatic N) is 1. The van der Waals surface area contributed by atoms with Gasteiger partial charge in [-0.3, -0.25) is 4.79 Å². The number of rotatable bonds is 6. The summed E-state index contributed by atoms with van der Waals surface area (Å²) >= 11 is 11.9. The predicted octanol–water partition coefficient (Wildman–Crippen LogP) is 5.48. The van der Waals surface area contributed by atoms with E-state index in [1.54, 1.807) is 48.5 Å². The third kappa shape index (κ3) is 5.55. The fraction of sp³-hybridized carbons (Fsp3) is 0.0476. The Morgan fingerprint density at radius 2 is 1.71 bits per heavy atom. The van der Waals surface area contributed by atoms with E-state index in [1.165, 1.54) is 18.3 Å². The Hall–Kier alpha value is -2.89. The maximum absolute atomic E-state index is 12.8. The van der Waals surface area contributed by atoms with Crippen LogP contribution >= 0.6 is 23.2 Å². The van der Waals surface area contributed by atoms with Gasteiger partial charge in [0.1, 0.15) is 18.2 Å². The van der Waals surface area contributed by atoms with Gasteiger partial charge < -0.3 is 4.74 Å². The number of carbonyl (C=O) groups excluding carboxylic acids is 1. The molecule has 0 atom stereocenters. The Labute approximate surface area is 171 Å². The van der Waals surface area contributed by atoms with E-state index in [0.717, 1.165) is 5.56 Å². The number of ether oxygens (including phenoxy) is 1. The van der Waals surface area contributed by atoms with Gasteiger partial charge in [-0.05, 0) is 59.7 Å². The third-order valence-electron chi connectivity index (χ3n) is 3.76. The number of hydrazone groups is 1. The van der Waals surface area contributed by atoms with Crippen molar-refractivity contribution in [2.45, 2.75) is 6.61 Å². The van der Waals surface area contributed by atoms with Crippen molar-refractivity contribution in [2.75, 3.05) is 0 Å². The molecule has 0 aliphatic rings. The van der Waals surface area contributed by atoms with Crippen molar-refractivity contribution in [3.63, 3.8) is 0 Å². The number of nitrogens with one attached hydrogen (secondary N) is 1. The first-order valence-electron chi connectivity index (χ1n) is 8.27. The van der Waals surface area contributed by atoms with E-state index in [9.17, 15) is 9.18 Å². The van der Waals surface area contributed by atoms with E-state index in [4.69, 9.17) is 27.9 Å². The molecule has 0 spiro atoms. The normalized spacial score (nSPS) is 10.8. The highest BCUT2D eigenvalue weighted by Gasteiger charge is 2.05. The smallest absolute Gasteiger partial charge is 0.271 e. The average Bonchev–Trinajstić information content (AvgIpc) is 2.70. The lowest BCUT2D eigenvalue weighted by atomic mass is 10.2. The van der Waals surface area contributed by atoms with E-state index >= 15 is 0 Å². The SMILES string of the molecule is O=C(NN=Cc1ccc(F)cc1)c1ccc(OCc2ccc(Cl)c(Cl)c2)cc1. The molecule has 0 bridgehead atoms. The Balaban J connectivity index is 1.53. The largest absolute Gasteiger partial charge is 0.489 e. The fourth-order valence-electron chi connectivity index (χ4n) is 2.28. The molecule has 28 heavy (non-hydrogen) atoms. The quantitative estimate of drug-likeness (QED) is 0.427. The van der Waals surface area contributed by atoms with Gasteiger partial charge >= 0.3 is 0 Å². The van der Waals surface area contributed by atoms with Crippen molar-refractivity contribution >= 4 is 35.3 Å². The molecule has 0 aliphatic carbocycles. The first kappa shape index (κ1) is 19.9. The van der Waals surface area contributed by atoms with Crippen LogP contribution < -0.4 is 10.2 Å². The second-order valence-electron chi connectivity index (χ2n) is 5.81. The van der Waals surface area contributed by atoms with Gasteiger partial charge in [-0.15, -0.1) is 0 Å². The summed E-state index contributed by atoms with van der Waals surface area (Å²) in [5, 5.41) is 4.82.